The van der Waals surface area contributed by atoms with Crippen molar-refractivity contribution >= 4 is 11.9 Å². The molecule has 1 aliphatic carbocycles. The lowest BCUT2D eigenvalue weighted by atomic mass is 9.89. The molecule has 6 nitrogen and oxygen atoms in total. The predicted molar refractivity (Wildman–Crippen MR) is 117 cm³/mol. The van der Waals surface area contributed by atoms with Crippen molar-refractivity contribution in [3.8, 4) is 11.5 Å². The molecule has 0 spiro atoms. The number of esters is 1. The van der Waals surface area contributed by atoms with Crippen molar-refractivity contribution in [2.24, 2.45) is 0 Å². The molecule has 0 unspecified atom stereocenters. The molecule has 0 saturated carbocycles. The van der Waals surface area contributed by atoms with Gasteiger partial charge in [0.05, 0.1) is 6.04 Å². The third kappa shape index (κ3) is 4.85. The minimum Gasteiger partial charge on any atom is -0.451 e. The molecule has 1 atom stereocenters. The summed E-state index contributed by atoms with van der Waals surface area (Å²) < 4.78 is 10.8. The number of rotatable bonds is 6. The minimum absolute atomic E-state index is 0.0781. The standard InChI is InChI=1S/C25H26N2O4/c1-16(20-13-12-18-8-6-7-11-21(18)14-20)26-22(28)15-30-25(29)23-17(2)31-24(27-23)19-9-4-3-5-10-19/h3-5,9-10,12-14,16H,6-8,11,15H2,1-2H3,(H,26,28)/t16-/m0/s1. The Hall–Kier alpha value is -3.41. The highest BCUT2D eigenvalue weighted by atomic mass is 16.5. The van der Waals surface area contributed by atoms with Crippen LogP contribution in [0.4, 0.5) is 0 Å². The molecule has 0 aliphatic heterocycles. The third-order valence-corrected chi connectivity index (χ3v) is 5.60. The van der Waals surface area contributed by atoms with Crippen molar-refractivity contribution in [1.82, 2.24) is 10.3 Å². The molecule has 3 aromatic rings. The highest BCUT2D eigenvalue weighted by Gasteiger charge is 2.21. The Morgan fingerprint density at radius 2 is 1.84 bits per heavy atom. The number of aromatic nitrogens is 1. The number of nitrogens with zero attached hydrogens (tertiary/aromatic N) is 1. The summed E-state index contributed by atoms with van der Waals surface area (Å²) in [7, 11) is 0. The predicted octanol–water partition coefficient (Wildman–Crippen LogP) is 4.56. The van der Waals surface area contributed by atoms with Crippen LogP contribution in [0.15, 0.2) is 52.9 Å². The average molecular weight is 418 g/mol. The summed E-state index contributed by atoms with van der Waals surface area (Å²) in [5.41, 5.74) is 4.67. The van der Waals surface area contributed by atoms with E-state index in [-0.39, 0.29) is 24.2 Å². The number of amides is 1. The fourth-order valence-corrected chi connectivity index (χ4v) is 3.88. The number of oxazole rings is 1. The maximum absolute atomic E-state index is 12.4. The molecule has 0 saturated heterocycles. The minimum atomic E-state index is -0.681. The van der Waals surface area contributed by atoms with E-state index in [0.29, 0.717) is 11.7 Å². The first-order valence-corrected chi connectivity index (χ1v) is 10.6. The van der Waals surface area contributed by atoms with E-state index in [2.05, 4.69) is 28.5 Å². The van der Waals surface area contributed by atoms with E-state index in [0.717, 1.165) is 24.0 Å². The number of nitrogens with one attached hydrogen (secondary N) is 1. The molecule has 0 radical (unpaired) electrons. The van der Waals surface area contributed by atoms with Crippen LogP contribution in [0.5, 0.6) is 0 Å². The lowest BCUT2D eigenvalue weighted by Gasteiger charge is -2.20. The Morgan fingerprint density at radius 1 is 1.10 bits per heavy atom. The summed E-state index contributed by atoms with van der Waals surface area (Å²) in [5.74, 6) is -0.342. The van der Waals surface area contributed by atoms with E-state index in [1.165, 1.54) is 24.0 Å². The second kappa shape index (κ2) is 9.16. The fraction of sp³-hybridized carbons (Fsp3) is 0.320. The lowest BCUT2D eigenvalue weighted by molar-refractivity contribution is -0.124. The fourth-order valence-electron chi connectivity index (χ4n) is 3.88. The summed E-state index contributed by atoms with van der Waals surface area (Å²) in [4.78, 5) is 29.0. The van der Waals surface area contributed by atoms with Crippen molar-refractivity contribution in [1.29, 1.82) is 0 Å². The Bertz CT molecular complexity index is 1090. The zero-order valence-corrected chi connectivity index (χ0v) is 17.8. The van der Waals surface area contributed by atoms with E-state index >= 15 is 0 Å². The number of carbonyl (C=O) groups is 2. The average Bonchev–Trinajstić information content (AvgIpc) is 3.19. The smallest absolute Gasteiger partial charge is 0.361 e. The number of benzene rings is 2. The van der Waals surface area contributed by atoms with Gasteiger partial charge in [0.15, 0.2) is 12.3 Å². The molecule has 160 valence electrons. The van der Waals surface area contributed by atoms with Gasteiger partial charge >= 0.3 is 5.97 Å². The molecule has 2 aromatic carbocycles. The molecule has 1 aromatic heterocycles. The Morgan fingerprint density at radius 3 is 2.61 bits per heavy atom. The maximum Gasteiger partial charge on any atom is 0.361 e. The molecular weight excluding hydrogens is 392 g/mol. The number of carbonyl (C=O) groups excluding carboxylic acids is 2. The molecule has 31 heavy (non-hydrogen) atoms. The van der Waals surface area contributed by atoms with Gasteiger partial charge in [-0.3, -0.25) is 4.79 Å². The number of fused-ring (bicyclic) bond motifs is 1. The van der Waals surface area contributed by atoms with Gasteiger partial charge in [-0.25, -0.2) is 9.78 Å². The van der Waals surface area contributed by atoms with E-state index in [1.807, 2.05) is 37.3 Å². The van der Waals surface area contributed by atoms with Crippen LogP contribution in [0.1, 0.15) is 58.7 Å². The summed E-state index contributed by atoms with van der Waals surface area (Å²) in [6, 6.07) is 15.5. The van der Waals surface area contributed by atoms with E-state index in [9.17, 15) is 9.59 Å². The van der Waals surface area contributed by atoms with Crippen LogP contribution in [-0.4, -0.2) is 23.5 Å². The lowest BCUT2D eigenvalue weighted by Crippen LogP contribution is -2.31. The van der Waals surface area contributed by atoms with Gasteiger partial charge < -0.3 is 14.5 Å². The quantitative estimate of drug-likeness (QED) is 0.594. The molecule has 1 amide bonds. The first kappa shape index (κ1) is 20.8. The number of hydrogen-bond donors (Lipinski definition) is 1. The first-order chi connectivity index (χ1) is 15.0. The highest BCUT2D eigenvalue weighted by Crippen LogP contribution is 2.25. The van der Waals surface area contributed by atoms with E-state index in [1.54, 1.807) is 6.92 Å². The van der Waals surface area contributed by atoms with Gasteiger partial charge in [-0.15, -0.1) is 0 Å². The molecule has 1 heterocycles. The summed E-state index contributed by atoms with van der Waals surface area (Å²) in [5, 5.41) is 2.90. The summed E-state index contributed by atoms with van der Waals surface area (Å²) >= 11 is 0. The summed E-state index contributed by atoms with van der Waals surface area (Å²) in [6.45, 7) is 3.20. The number of aryl methyl sites for hydroxylation is 3. The van der Waals surface area contributed by atoms with Crippen LogP contribution < -0.4 is 5.32 Å². The summed E-state index contributed by atoms with van der Waals surface area (Å²) in [6.07, 6.45) is 4.66. The second-order valence-electron chi connectivity index (χ2n) is 7.89. The molecule has 1 aliphatic rings. The van der Waals surface area contributed by atoms with Crippen LogP contribution in [-0.2, 0) is 22.4 Å². The van der Waals surface area contributed by atoms with Gasteiger partial charge in [-0.2, -0.15) is 0 Å². The Kier molecular flexibility index (Phi) is 6.16. The largest absolute Gasteiger partial charge is 0.451 e. The van der Waals surface area contributed by atoms with Crippen molar-refractivity contribution < 1.29 is 18.7 Å². The highest BCUT2D eigenvalue weighted by molar-refractivity contribution is 5.91. The normalized spacial score (nSPS) is 13.9. The monoisotopic (exact) mass is 418 g/mol. The van der Waals surface area contributed by atoms with Crippen molar-refractivity contribution in [2.75, 3.05) is 6.61 Å². The van der Waals surface area contributed by atoms with Gasteiger partial charge in [0.1, 0.15) is 5.76 Å². The Labute approximate surface area is 181 Å². The van der Waals surface area contributed by atoms with Gasteiger partial charge in [-0.05, 0) is 68.4 Å². The number of hydrogen-bond acceptors (Lipinski definition) is 5. The van der Waals surface area contributed by atoms with Crippen LogP contribution >= 0.6 is 0 Å². The molecule has 6 heteroatoms. The van der Waals surface area contributed by atoms with Gasteiger partial charge in [0.25, 0.3) is 5.91 Å². The Balaban J connectivity index is 1.33. The SMILES string of the molecule is Cc1oc(-c2ccccc2)nc1C(=O)OCC(=O)N[C@@H](C)c1ccc2c(c1)CCCC2. The molecule has 0 fully saturated rings. The second-order valence-corrected chi connectivity index (χ2v) is 7.89. The van der Waals surface area contributed by atoms with Crippen molar-refractivity contribution in [2.45, 2.75) is 45.6 Å². The van der Waals surface area contributed by atoms with Gasteiger partial charge in [0.2, 0.25) is 5.89 Å². The molecule has 4 rings (SSSR count). The van der Waals surface area contributed by atoms with Crippen molar-refractivity contribution in [3.05, 3.63) is 76.7 Å². The molecule has 0 bridgehead atoms. The van der Waals surface area contributed by atoms with Gasteiger partial charge in [0, 0.05) is 5.56 Å². The topological polar surface area (TPSA) is 81.4 Å². The van der Waals surface area contributed by atoms with Crippen LogP contribution in [0.3, 0.4) is 0 Å². The van der Waals surface area contributed by atoms with Crippen LogP contribution in [0, 0.1) is 6.92 Å². The number of ether oxygens (including phenoxy) is 1. The van der Waals surface area contributed by atoms with Gasteiger partial charge in [-0.1, -0.05) is 36.4 Å². The zero-order chi connectivity index (χ0) is 21.8. The van der Waals surface area contributed by atoms with Crippen LogP contribution in [0.2, 0.25) is 0 Å². The molecular formula is C25H26N2O4. The van der Waals surface area contributed by atoms with E-state index < -0.39 is 5.97 Å². The van der Waals surface area contributed by atoms with E-state index in [4.69, 9.17) is 9.15 Å². The zero-order valence-electron chi connectivity index (χ0n) is 17.8. The first-order valence-electron chi connectivity index (χ1n) is 10.6. The van der Waals surface area contributed by atoms with Crippen molar-refractivity contribution in [3.63, 3.8) is 0 Å². The van der Waals surface area contributed by atoms with Crippen LogP contribution in [0.25, 0.3) is 11.5 Å². The third-order valence-electron chi connectivity index (χ3n) is 5.60. The maximum atomic E-state index is 12.4. The molecule has 1 N–H and O–H groups in total.